The highest BCUT2D eigenvalue weighted by molar-refractivity contribution is 7.89. The van der Waals surface area contributed by atoms with E-state index in [4.69, 9.17) is 4.74 Å². The standard InChI is InChI=1S/C19H20F2N2O5S/c1-11-8-9-13(29(26,27)23(3)4)10-16(11)22-18(24)12(2)28-19(25)17-14(20)6-5-7-15(17)21/h5-10,12H,1-4H3,(H,22,24). The Bertz CT molecular complexity index is 1030. The Kier molecular flexibility index (Phi) is 6.70. The van der Waals surface area contributed by atoms with E-state index in [2.05, 4.69) is 5.32 Å². The molecule has 0 spiro atoms. The summed E-state index contributed by atoms with van der Waals surface area (Å²) in [5.74, 6) is -4.35. The summed E-state index contributed by atoms with van der Waals surface area (Å²) in [5.41, 5.74) is -0.143. The minimum absolute atomic E-state index is 0.0403. The van der Waals surface area contributed by atoms with Crippen molar-refractivity contribution < 1.29 is 31.5 Å². The van der Waals surface area contributed by atoms with E-state index in [1.807, 2.05) is 0 Å². The molecule has 1 amide bonds. The lowest BCUT2D eigenvalue weighted by Crippen LogP contribution is -2.31. The maximum absolute atomic E-state index is 13.7. The van der Waals surface area contributed by atoms with Crippen molar-refractivity contribution in [3.05, 3.63) is 59.2 Å². The highest BCUT2D eigenvalue weighted by Gasteiger charge is 2.25. The average Bonchev–Trinajstić information content (AvgIpc) is 2.62. The van der Waals surface area contributed by atoms with E-state index in [0.717, 1.165) is 22.5 Å². The number of ether oxygens (including phenoxy) is 1. The van der Waals surface area contributed by atoms with Gasteiger partial charge in [-0.1, -0.05) is 12.1 Å². The first-order valence-corrected chi connectivity index (χ1v) is 9.88. The second-order valence-corrected chi connectivity index (χ2v) is 8.55. The number of hydrogen-bond acceptors (Lipinski definition) is 5. The molecule has 0 aromatic heterocycles. The van der Waals surface area contributed by atoms with Crippen LogP contribution in [0.5, 0.6) is 0 Å². The summed E-state index contributed by atoms with van der Waals surface area (Å²) in [6.45, 7) is 2.87. The molecule has 2 aromatic carbocycles. The Labute approximate surface area is 167 Å². The van der Waals surface area contributed by atoms with Crippen molar-refractivity contribution >= 4 is 27.6 Å². The van der Waals surface area contributed by atoms with Gasteiger partial charge in [0.1, 0.15) is 17.2 Å². The Balaban J connectivity index is 2.19. The maximum Gasteiger partial charge on any atom is 0.344 e. The Morgan fingerprint density at radius 3 is 2.24 bits per heavy atom. The van der Waals surface area contributed by atoms with Crippen LogP contribution in [0.1, 0.15) is 22.8 Å². The fourth-order valence-corrected chi connectivity index (χ4v) is 3.24. The molecule has 0 saturated carbocycles. The van der Waals surface area contributed by atoms with Gasteiger partial charge in [0.2, 0.25) is 10.0 Å². The molecular weight excluding hydrogens is 406 g/mol. The van der Waals surface area contributed by atoms with Crippen LogP contribution < -0.4 is 5.32 Å². The van der Waals surface area contributed by atoms with Crippen LogP contribution >= 0.6 is 0 Å². The van der Waals surface area contributed by atoms with Gasteiger partial charge in [-0.05, 0) is 43.7 Å². The van der Waals surface area contributed by atoms with Crippen molar-refractivity contribution in [2.45, 2.75) is 24.8 Å². The molecule has 10 heteroatoms. The third kappa shape index (κ3) is 4.96. The van der Waals surface area contributed by atoms with Gasteiger partial charge >= 0.3 is 5.97 Å². The van der Waals surface area contributed by atoms with Crippen LogP contribution in [-0.4, -0.2) is 44.8 Å². The smallest absolute Gasteiger partial charge is 0.344 e. The quantitative estimate of drug-likeness (QED) is 0.717. The molecule has 1 atom stereocenters. The number of rotatable bonds is 6. The largest absolute Gasteiger partial charge is 0.449 e. The molecule has 0 bridgehead atoms. The molecule has 1 unspecified atom stereocenters. The number of carbonyl (C=O) groups is 2. The summed E-state index contributed by atoms with van der Waals surface area (Å²) in [4.78, 5) is 24.3. The number of halogens is 2. The summed E-state index contributed by atoms with van der Waals surface area (Å²) in [7, 11) is -0.980. The molecule has 156 valence electrons. The number of aryl methyl sites for hydroxylation is 1. The van der Waals surface area contributed by atoms with Crippen molar-refractivity contribution in [2.24, 2.45) is 0 Å². The van der Waals surface area contributed by atoms with Crippen LogP contribution in [0, 0.1) is 18.6 Å². The summed E-state index contributed by atoms with van der Waals surface area (Å²) in [6.07, 6.45) is -1.39. The fraction of sp³-hybridized carbons (Fsp3) is 0.263. The molecule has 2 rings (SSSR count). The predicted octanol–water partition coefficient (Wildman–Crippen LogP) is 2.71. The van der Waals surface area contributed by atoms with E-state index in [0.29, 0.717) is 5.56 Å². The van der Waals surface area contributed by atoms with Gasteiger partial charge in [0.15, 0.2) is 6.10 Å². The molecule has 1 N–H and O–H groups in total. The zero-order valence-electron chi connectivity index (χ0n) is 16.2. The van der Waals surface area contributed by atoms with E-state index in [1.165, 1.54) is 39.2 Å². The van der Waals surface area contributed by atoms with Gasteiger partial charge in [0.05, 0.1) is 4.90 Å². The Morgan fingerprint density at radius 1 is 1.10 bits per heavy atom. The molecule has 29 heavy (non-hydrogen) atoms. The third-order valence-electron chi connectivity index (χ3n) is 4.07. The van der Waals surface area contributed by atoms with Gasteiger partial charge in [-0.3, -0.25) is 4.79 Å². The zero-order valence-corrected chi connectivity index (χ0v) is 17.0. The van der Waals surface area contributed by atoms with Gasteiger partial charge in [0.25, 0.3) is 5.91 Å². The summed E-state index contributed by atoms with van der Waals surface area (Å²) >= 11 is 0. The number of carbonyl (C=O) groups excluding carboxylic acids is 2. The molecule has 0 aliphatic rings. The van der Waals surface area contributed by atoms with Crippen LogP contribution in [0.25, 0.3) is 0 Å². The Hall–Kier alpha value is -2.85. The van der Waals surface area contributed by atoms with Crippen LogP contribution in [-0.2, 0) is 19.6 Å². The summed E-state index contributed by atoms with van der Waals surface area (Å²) in [5, 5.41) is 2.46. The average molecular weight is 426 g/mol. The number of nitrogens with zero attached hydrogens (tertiary/aromatic N) is 1. The monoisotopic (exact) mass is 426 g/mol. The van der Waals surface area contributed by atoms with E-state index in [-0.39, 0.29) is 10.6 Å². The lowest BCUT2D eigenvalue weighted by Gasteiger charge is -2.17. The molecule has 7 nitrogen and oxygen atoms in total. The van der Waals surface area contributed by atoms with Gasteiger partial charge in [-0.25, -0.2) is 26.3 Å². The Morgan fingerprint density at radius 2 is 1.69 bits per heavy atom. The number of anilines is 1. The topological polar surface area (TPSA) is 92.8 Å². The van der Waals surface area contributed by atoms with Crippen LogP contribution in [0.2, 0.25) is 0 Å². The number of nitrogens with one attached hydrogen (secondary N) is 1. The first-order chi connectivity index (χ1) is 13.4. The van der Waals surface area contributed by atoms with Crippen molar-refractivity contribution in [3.63, 3.8) is 0 Å². The van der Waals surface area contributed by atoms with Crippen LogP contribution in [0.15, 0.2) is 41.3 Å². The van der Waals surface area contributed by atoms with Gasteiger partial charge in [0, 0.05) is 19.8 Å². The first-order valence-electron chi connectivity index (χ1n) is 8.44. The highest BCUT2D eigenvalue weighted by Crippen LogP contribution is 2.22. The minimum Gasteiger partial charge on any atom is -0.449 e. The molecule has 2 aromatic rings. The molecule has 0 radical (unpaired) electrons. The zero-order chi connectivity index (χ0) is 21.9. The van der Waals surface area contributed by atoms with Crippen molar-refractivity contribution in [2.75, 3.05) is 19.4 Å². The summed E-state index contributed by atoms with van der Waals surface area (Å²) < 4.78 is 57.7. The van der Waals surface area contributed by atoms with Crippen LogP contribution in [0.3, 0.4) is 0 Å². The number of esters is 1. The lowest BCUT2D eigenvalue weighted by atomic mass is 10.2. The van der Waals surface area contributed by atoms with E-state index in [1.54, 1.807) is 6.92 Å². The first kappa shape index (κ1) is 22.4. The number of hydrogen-bond donors (Lipinski definition) is 1. The lowest BCUT2D eigenvalue weighted by molar-refractivity contribution is -0.123. The molecule has 0 aliphatic heterocycles. The van der Waals surface area contributed by atoms with E-state index < -0.39 is 45.2 Å². The normalized spacial score (nSPS) is 12.5. The third-order valence-corrected chi connectivity index (χ3v) is 5.88. The predicted molar refractivity (Wildman–Crippen MR) is 102 cm³/mol. The molecular formula is C19H20F2N2O5S. The fourth-order valence-electron chi connectivity index (χ4n) is 2.31. The van der Waals surface area contributed by atoms with E-state index in [9.17, 15) is 26.8 Å². The molecule has 0 heterocycles. The van der Waals surface area contributed by atoms with Crippen molar-refractivity contribution in [1.29, 1.82) is 0 Å². The van der Waals surface area contributed by atoms with E-state index >= 15 is 0 Å². The number of benzene rings is 2. The number of sulfonamides is 1. The van der Waals surface area contributed by atoms with Gasteiger partial charge in [-0.15, -0.1) is 0 Å². The second-order valence-electron chi connectivity index (χ2n) is 6.40. The SMILES string of the molecule is Cc1ccc(S(=O)(=O)N(C)C)cc1NC(=O)C(C)OC(=O)c1c(F)cccc1F. The minimum atomic E-state index is -3.72. The molecule has 0 fully saturated rings. The maximum atomic E-state index is 13.7. The summed E-state index contributed by atoms with van der Waals surface area (Å²) in [6, 6.07) is 7.06. The van der Waals surface area contributed by atoms with Crippen molar-refractivity contribution in [1.82, 2.24) is 4.31 Å². The molecule has 0 saturated heterocycles. The van der Waals surface area contributed by atoms with Gasteiger partial charge in [-0.2, -0.15) is 0 Å². The second kappa shape index (κ2) is 8.66. The van der Waals surface area contributed by atoms with Gasteiger partial charge < -0.3 is 10.1 Å². The molecule has 0 aliphatic carbocycles. The van der Waals surface area contributed by atoms with Crippen LogP contribution in [0.4, 0.5) is 14.5 Å². The number of amides is 1. The van der Waals surface area contributed by atoms with Crippen molar-refractivity contribution in [3.8, 4) is 0 Å². The highest BCUT2D eigenvalue weighted by atomic mass is 32.2.